The molecule has 1 aromatic rings. The average Bonchev–Trinajstić information content (AvgIpc) is 2.80. The molecule has 8 heteroatoms. The molecular formula is C22H34O8. The number of rotatable bonds is 18. The fourth-order valence-corrected chi connectivity index (χ4v) is 2.70. The molecule has 0 bridgehead atoms. The van der Waals surface area contributed by atoms with Gasteiger partial charge in [0.2, 0.25) is 0 Å². The van der Waals surface area contributed by atoms with E-state index >= 15 is 0 Å². The lowest BCUT2D eigenvalue weighted by Crippen LogP contribution is -2.24. The van der Waals surface area contributed by atoms with Crippen LogP contribution in [0.4, 0.5) is 0 Å². The molecule has 8 nitrogen and oxygen atoms in total. The minimum absolute atomic E-state index is 0.0612. The Morgan fingerprint density at radius 3 is 1.87 bits per heavy atom. The molecule has 0 spiro atoms. The SMILES string of the molecule is O=Cc1ccc(OCCOCCOCCOCCOCCOC2CCCCO2)cc1. The lowest BCUT2D eigenvalue weighted by molar-refractivity contribution is -0.169. The Kier molecular flexibility index (Phi) is 14.1. The number of ether oxygens (including phenoxy) is 7. The second-order valence-electron chi connectivity index (χ2n) is 6.65. The molecule has 1 atom stereocenters. The number of hydrogen-bond acceptors (Lipinski definition) is 8. The Bertz CT molecular complexity index is 530. The Hall–Kier alpha value is -1.55. The zero-order valence-electron chi connectivity index (χ0n) is 17.6. The average molecular weight is 427 g/mol. The normalized spacial score (nSPS) is 16.5. The van der Waals surface area contributed by atoms with E-state index < -0.39 is 0 Å². The summed E-state index contributed by atoms with van der Waals surface area (Å²) in [7, 11) is 0. The minimum atomic E-state index is -0.0612. The van der Waals surface area contributed by atoms with E-state index in [1.165, 1.54) is 6.42 Å². The Morgan fingerprint density at radius 2 is 1.33 bits per heavy atom. The van der Waals surface area contributed by atoms with Crippen LogP contribution in [0, 0.1) is 0 Å². The summed E-state index contributed by atoms with van der Waals surface area (Å²) in [6.45, 7) is 5.93. The zero-order chi connectivity index (χ0) is 21.1. The van der Waals surface area contributed by atoms with Crippen LogP contribution in [-0.4, -0.2) is 85.3 Å². The van der Waals surface area contributed by atoms with Crippen LogP contribution >= 0.6 is 0 Å². The number of carbonyl (C=O) groups is 1. The Labute approximate surface area is 178 Å². The fourth-order valence-electron chi connectivity index (χ4n) is 2.70. The summed E-state index contributed by atoms with van der Waals surface area (Å²) in [5.41, 5.74) is 0.627. The van der Waals surface area contributed by atoms with Gasteiger partial charge in [0, 0.05) is 12.2 Å². The molecule has 1 aromatic carbocycles. The largest absolute Gasteiger partial charge is 0.491 e. The van der Waals surface area contributed by atoms with Crippen molar-refractivity contribution in [3.8, 4) is 5.75 Å². The van der Waals surface area contributed by atoms with Crippen molar-refractivity contribution in [2.75, 3.05) is 72.7 Å². The van der Waals surface area contributed by atoms with Gasteiger partial charge in [0.15, 0.2) is 6.29 Å². The second-order valence-corrected chi connectivity index (χ2v) is 6.65. The van der Waals surface area contributed by atoms with Crippen LogP contribution in [-0.2, 0) is 28.4 Å². The molecule has 1 heterocycles. The zero-order valence-corrected chi connectivity index (χ0v) is 17.6. The van der Waals surface area contributed by atoms with Gasteiger partial charge in [0.1, 0.15) is 18.6 Å². The highest BCUT2D eigenvalue weighted by molar-refractivity contribution is 5.74. The highest BCUT2D eigenvalue weighted by atomic mass is 16.7. The molecule has 1 fully saturated rings. The first-order valence-corrected chi connectivity index (χ1v) is 10.6. The molecule has 0 aliphatic carbocycles. The second kappa shape index (κ2) is 17.2. The van der Waals surface area contributed by atoms with Crippen LogP contribution in [0.15, 0.2) is 24.3 Å². The first kappa shape index (κ1) is 24.7. The fraction of sp³-hybridized carbons (Fsp3) is 0.682. The van der Waals surface area contributed by atoms with E-state index in [0.29, 0.717) is 77.4 Å². The third-order valence-corrected chi connectivity index (χ3v) is 4.30. The van der Waals surface area contributed by atoms with Gasteiger partial charge < -0.3 is 33.2 Å². The van der Waals surface area contributed by atoms with Crippen LogP contribution in [0.5, 0.6) is 5.75 Å². The number of benzene rings is 1. The molecule has 0 N–H and O–H groups in total. The van der Waals surface area contributed by atoms with Crippen LogP contribution in [0.2, 0.25) is 0 Å². The molecule has 0 amide bonds. The van der Waals surface area contributed by atoms with E-state index in [2.05, 4.69) is 0 Å². The van der Waals surface area contributed by atoms with Gasteiger partial charge in [-0.3, -0.25) is 4.79 Å². The first-order chi connectivity index (χ1) is 14.9. The lowest BCUT2D eigenvalue weighted by Gasteiger charge is -2.22. The molecule has 30 heavy (non-hydrogen) atoms. The van der Waals surface area contributed by atoms with Crippen molar-refractivity contribution in [1.82, 2.24) is 0 Å². The summed E-state index contributed by atoms with van der Waals surface area (Å²) < 4.78 is 38.4. The van der Waals surface area contributed by atoms with Gasteiger partial charge in [-0.15, -0.1) is 0 Å². The third kappa shape index (κ3) is 12.2. The molecule has 1 saturated heterocycles. The van der Waals surface area contributed by atoms with Crippen LogP contribution < -0.4 is 4.74 Å². The maximum atomic E-state index is 10.6. The van der Waals surface area contributed by atoms with Crippen LogP contribution in [0.1, 0.15) is 29.6 Å². The lowest BCUT2D eigenvalue weighted by atomic mass is 10.2. The van der Waals surface area contributed by atoms with Gasteiger partial charge in [-0.05, 0) is 43.5 Å². The molecule has 170 valence electrons. The van der Waals surface area contributed by atoms with Crippen molar-refractivity contribution >= 4 is 6.29 Å². The van der Waals surface area contributed by atoms with E-state index in [-0.39, 0.29) is 6.29 Å². The van der Waals surface area contributed by atoms with Crippen molar-refractivity contribution in [2.24, 2.45) is 0 Å². The van der Waals surface area contributed by atoms with Crippen molar-refractivity contribution < 1.29 is 38.0 Å². The Balaban J connectivity index is 1.25. The maximum Gasteiger partial charge on any atom is 0.157 e. The van der Waals surface area contributed by atoms with Crippen molar-refractivity contribution in [2.45, 2.75) is 25.6 Å². The predicted molar refractivity (Wildman–Crippen MR) is 110 cm³/mol. The number of hydrogen-bond donors (Lipinski definition) is 0. The topological polar surface area (TPSA) is 81.7 Å². The first-order valence-electron chi connectivity index (χ1n) is 10.6. The third-order valence-electron chi connectivity index (χ3n) is 4.30. The number of carbonyl (C=O) groups excluding carboxylic acids is 1. The smallest absolute Gasteiger partial charge is 0.157 e. The molecule has 0 radical (unpaired) electrons. The predicted octanol–water partition coefficient (Wildman–Crippen LogP) is 2.49. The standard InChI is InChI=1S/C22H34O8/c23-19-20-4-6-21(7-5-20)28-17-15-26-13-11-24-9-10-25-12-14-27-16-18-30-22-3-1-2-8-29-22/h4-7,19,22H,1-3,8-18H2. The van der Waals surface area contributed by atoms with Gasteiger partial charge in [0.05, 0.1) is 59.5 Å². The monoisotopic (exact) mass is 426 g/mol. The summed E-state index contributed by atoms with van der Waals surface area (Å²) >= 11 is 0. The van der Waals surface area contributed by atoms with Crippen LogP contribution in [0.25, 0.3) is 0 Å². The summed E-state index contributed by atoms with van der Waals surface area (Å²) in [5.74, 6) is 0.715. The summed E-state index contributed by atoms with van der Waals surface area (Å²) in [6.07, 6.45) is 4.01. The van der Waals surface area contributed by atoms with Gasteiger partial charge in [-0.2, -0.15) is 0 Å². The van der Waals surface area contributed by atoms with Gasteiger partial charge in [0.25, 0.3) is 0 Å². The minimum Gasteiger partial charge on any atom is -0.491 e. The molecule has 1 unspecified atom stereocenters. The molecule has 0 saturated carbocycles. The van der Waals surface area contributed by atoms with Gasteiger partial charge in [-0.25, -0.2) is 0 Å². The molecular weight excluding hydrogens is 392 g/mol. The van der Waals surface area contributed by atoms with E-state index in [9.17, 15) is 4.79 Å². The highest BCUT2D eigenvalue weighted by Crippen LogP contribution is 2.13. The van der Waals surface area contributed by atoms with E-state index in [1.54, 1.807) is 24.3 Å². The van der Waals surface area contributed by atoms with Gasteiger partial charge in [-0.1, -0.05) is 0 Å². The van der Waals surface area contributed by atoms with E-state index in [0.717, 1.165) is 25.7 Å². The molecule has 0 aromatic heterocycles. The van der Waals surface area contributed by atoms with Crippen molar-refractivity contribution in [1.29, 1.82) is 0 Å². The quantitative estimate of drug-likeness (QED) is 0.262. The summed E-state index contributed by atoms with van der Waals surface area (Å²) in [5, 5.41) is 0. The molecule has 1 aliphatic rings. The number of aldehydes is 1. The van der Waals surface area contributed by atoms with Gasteiger partial charge >= 0.3 is 0 Å². The Morgan fingerprint density at radius 1 is 0.767 bits per heavy atom. The van der Waals surface area contributed by atoms with E-state index in [4.69, 9.17) is 33.2 Å². The maximum absolute atomic E-state index is 10.6. The molecule has 2 rings (SSSR count). The van der Waals surface area contributed by atoms with E-state index in [1.807, 2.05) is 0 Å². The van der Waals surface area contributed by atoms with Crippen molar-refractivity contribution in [3.63, 3.8) is 0 Å². The highest BCUT2D eigenvalue weighted by Gasteiger charge is 2.13. The van der Waals surface area contributed by atoms with Crippen LogP contribution in [0.3, 0.4) is 0 Å². The summed E-state index contributed by atoms with van der Waals surface area (Å²) in [4.78, 5) is 10.6. The summed E-state index contributed by atoms with van der Waals surface area (Å²) in [6, 6.07) is 6.96. The molecule has 1 aliphatic heterocycles. The van der Waals surface area contributed by atoms with Crippen molar-refractivity contribution in [3.05, 3.63) is 29.8 Å².